The van der Waals surface area contributed by atoms with E-state index in [1.807, 2.05) is 0 Å². The van der Waals surface area contributed by atoms with Crippen molar-refractivity contribution in [1.82, 2.24) is 10.9 Å². The molecule has 0 saturated heterocycles. The molecular weight excluding hydrogens is 228 g/mol. The molecule has 8 N–H and O–H groups in total. The summed E-state index contributed by atoms with van der Waals surface area (Å²) < 4.78 is 0. The van der Waals surface area contributed by atoms with Gasteiger partial charge in [-0.3, -0.25) is 15.0 Å². The lowest BCUT2D eigenvalue weighted by Crippen LogP contribution is -2.57. The van der Waals surface area contributed by atoms with Crippen LogP contribution in [0.1, 0.15) is 19.8 Å². The Labute approximate surface area is 99.3 Å². The third kappa shape index (κ3) is 6.17. The molecule has 8 heteroatoms. The van der Waals surface area contributed by atoms with Gasteiger partial charge in [0, 0.05) is 6.04 Å². The van der Waals surface area contributed by atoms with Gasteiger partial charge in [-0.25, -0.2) is 5.43 Å². The van der Waals surface area contributed by atoms with E-state index in [1.54, 1.807) is 0 Å². The van der Waals surface area contributed by atoms with Crippen molar-refractivity contribution in [1.29, 1.82) is 0 Å². The Morgan fingerprint density at radius 1 is 1.24 bits per heavy atom. The van der Waals surface area contributed by atoms with Crippen LogP contribution in [-0.2, 0) is 9.59 Å². The average molecular weight is 248 g/mol. The number of carboxylic acids is 2. The third-order valence-electron chi connectivity index (χ3n) is 2.29. The van der Waals surface area contributed by atoms with Gasteiger partial charge in [0.15, 0.2) is 0 Å². The third-order valence-corrected chi connectivity index (χ3v) is 2.29. The minimum Gasteiger partial charge on any atom is -0.480 e. The zero-order valence-corrected chi connectivity index (χ0v) is 9.72. The van der Waals surface area contributed by atoms with E-state index in [4.69, 9.17) is 21.7 Å². The van der Waals surface area contributed by atoms with Gasteiger partial charge in [-0.1, -0.05) is 0 Å². The molecule has 0 aromatic heterocycles. The highest BCUT2D eigenvalue weighted by molar-refractivity contribution is 5.74. The average Bonchev–Trinajstić information content (AvgIpc) is 2.27. The lowest BCUT2D eigenvalue weighted by Gasteiger charge is -2.23. The molecule has 0 bridgehead atoms. The van der Waals surface area contributed by atoms with Gasteiger partial charge in [-0.15, -0.1) is 0 Å². The zero-order chi connectivity index (χ0) is 13.4. The molecule has 0 aromatic rings. The quantitative estimate of drug-likeness (QED) is 0.258. The highest BCUT2D eigenvalue weighted by Gasteiger charge is 2.24. The van der Waals surface area contributed by atoms with Crippen molar-refractivity contribution in [3.05, 3.63) is 0 Å². The zero-order valence-electron chi connectivity index (χ0n) is 9.72. The number of hydrogen-bond acceptors (Lipinski definition) is 6. The van der Waals surface area contributed by atoms with Crippen molar-refractivity contribution in [2.45, 2.75) is 37.9 Å². The van der Waals surface area contributed by atoms with Crippen LogP contribution in [0.3, 0.4) is 0 Å². The molecule has 8 nitrogen and oxygen atoms in total. The van der Waals surface area contributed by atoms with Gasteiger partial charge in [0.25, 0.3) is 0 Å². The number of nitrogens with two attached hydrogens (primary N) is 2. The lowest BCUT2D eigenvalue weighted by molar-refractivity contribution is -0.139. The molecule has 0 aromatic carbocycles. The van der Waals surface area contributed by atoms with Crippen molar-refractivity contribution in [2.75, 3.05) is 6.54 Å². The van der Waals surface area contributed by atoms with Crippen LogP contribution in [0.25, 0.3) is 0 Å². The molecule has 0 aliphatic rings. The van der Waals surface area contributed by atoms with Crippen molar-refractivity contribution >= 4 is 11.9 Å². The summed E-state index contributed by atoms with van der Waals surface area (Å²) in [7, 11) is 0. The smallest absolute Gasteiger partial charge is 0.322 e. The number of rotatable bonds is 9. The maximum absolute atomic E-state index is 10.7. The minimum atomic E-state index is -1.15. The molecule has 3 atom stereocenters. The number of hydrogen-bond donors (Lipinski definition) is 6. The van der Waals surface area contributed by atoms with Crippen LogP contribution in [-0.4, -0.2) is 46.8 Å². The van der Waals surface area contributed by atoms with Gasteiger partial charge in [-0.2, -0.15) is 0 Å². The summed E-state index contributed by atoms with van der Waals surface area (Å²) in [5, 5.41) is 17.4. The van der Waals surface area contributed by atoms with E-state index in [1.165, 1.54) is 6.92 Å². The second kappa shape index (κ2) is 7.96. The molecular formula is C9H20N4O4. The molecule has 0 radical (unpaired) electrons. The fourth-order valence-electron chi connectivity index (χ4n) is 1.15. The summed E-state index contributed by atoms with van der Waals surface area (Å²) in [5.41, 5.74) is 15.9. The lowest BCUT2D eigenvalue weighted by atomic mass is 10.0. The molecule has 0 aliphatic carbocycles. The molecule has 0 aliphatic heterocycles. The molecule has 0 fully saturated rings. The first-order valence-electron chi connectivity index (χ1n) is 5.32. The molecule has 1 unspecified atom stereocenters. The van der Waals surface area contributed by atoms with Crippen LogP contribution in [0.5, 0.6) is 0 Å². The van der Waals surface area contributed by atoms with Gasteiger partial charge >= 0.3 is 11.9 Å². The summed E-state index contributed by atoms with van der Waals surface area (Å²) >= 11 is 0. The van der Waals surface area contributed by atoms with Crippen LogP contribution in [0.4, 0.5) is 0 Å². The Hall–Kier alpha value is -1.22. The molecule has 0 amide bonds. The molecule has 0 saturated carbocycles. The first kappa shape index (κ1) is 15.8. The number of nitrogens with one attached hydrogen (secondary N) is 2. The van der Waals surface area contributed by atoms with E-state index in [0.717, 1.165) is 0 Å². The number of carbonyl (C=O) groups is 2. The first-order chi connectivity index (χ1) is 7.90. The van der Waals surface area contributed by atoms with E-state index < -0.39 is 30.1 Å². The maximum atomic E-state index is 10.7. The van der Waals surface area contributed by atoms with Gasteiger partial charge in [0.05, 0.1) is 0 Å². The maximum Gasteiger partial charge on any atom is 0.322 e. The van der Waals surface area contributed by atoms with E-state index in [9.17, 15) is 9.59 Å². The highest BCUT2D eigenvalue weighted by atomic mass is 16.4. The van der Waals surface area contributed by atoms with Gasteiger partial charge in [0.2, 0.25) is 0 Å². The van der Waals surface area contributed by atoms with Crippen LogP contribution < -0.4 is 22.3 Å². The Kier molecular flexibility index (Phi) is 7.39. The van der Waals surface area contributed by atoms with E-state index in [2.05, 4.69) is 10.9 Å². The summed E-state index contributed by atoms with van der Waals surface area (Å²) in [6.07, 6.45) is 1.05. The van der Waals surface area contributed by atoms with Crippen LogP contribution >= 0.6 is 0 Å². The SMILES string of the molecule is C[C@H](NNC(CCCN)[C@H](N)C(=O)O)C(=O)O. The Morgan fingerprint density at radius 3 is 2.24 bits per heavy atom. The summed E-state index contributed by atoms with van der Waals surface area (Å²) in [4.78, 5) is 21.3. The van der Waals surface area contributed by atoms with Crippen molar-refractivity contribution < 1.29 is 19.8 Å². The Balaban J connectivity index is 4.28. The summed E-state index contributed by atoms with van der Waals surface area (Å²) in [6.45, 7) is 1.85. The fourth-order valence-corrected chi connectivity index (χ4v) is 1.15. The van der Waals surface area contributed by atoms with E-state index in [0.29, 0.717) is 19.4 Å². The van der Waals surface area contributed by atoms with Crippen LogP contribution in [0, 0.1) is 0 Å². The topological polar surface area (TPSA) is 151 Å². The highest BCUT2D eigenvalue weighted by Crippen LogP contribution is 2.00. The standard InChI is InChI=1S/C9H20N4O4/c1-5(8(14)15)12-13-6(3-2-4-10)7(11)9(16)17/h5-7,12-13H,2-4,10-11H2,1H3,(H,14,15)(H,16,17)/t5-,6?,7-/m0/s1. The monoisotopic (exact) mass is 248 g/mol. The largest absolute Gasteiger partial charge is 0.480 e. The Morgan fingerprint density at radius 2 is 1.82 bits per heavy atom. The number of carboxylic acid groups (broad SMARTS) is 2. The summed E-state index contributed by atoms with van der Waals surface area (Å²) in [6, 6.07) is -2.52. The molecule has 0 spiro atoms. The second-order valence-corrected chi connectivity index (χ2v) is 3.75. The van der Waals surface area contributed by atoms with Gasteiger partial charge in [0.1, 0.15) is 12.1 Å². The summed E-state index contributed by atoms with van der Waals surface area (Å²) in [5.74, 6) is -2.19. The predicted octanol–water partition coefficient (Wildman–Crippen LogP) is -1.93. The molecule has 100 valence electrons. The minimum absolute atomic E-state index is 0.416. The number of hydrazine groups is 1. The molecule has 0 heterocycles. The van der Waals surface area contributed by atoms with E-state index in [-0.39, 0.29) is 0 Å². The first-order valence-corrected chi connectivity index (χ1v) is 5.32. The molecule has 17 heavy (non-hydrogen) atoms. The Bertz CT molecular complexity index is 261. The van der Waals surface area contributed by atoms with Gasteiger partial charge < -0.3 is 21.7 Å². The number of aliphatic carboxylic acids is 2. The van der Waals surface area contributed by atoms with Crippen molar-refractivity contribution in [3.63, 3.8) is 0 Å². The molecule has 0 rings (SSSR count). The second-order valence-electron chi connectivity index (χ2n) is 3.75. The van der Waals surface area contributed by atoms with Crippen LogP contribution in [0.2, 0.25) is 0 Å². The van der Waals surface area contributed by atoms with Crippen LogP contribution in [0.15, 0.2) is 0 Å². The van der Waals surface area contributed by atoms with Crippen molar-refractivity contribution in [2.24, 2.45) is 11.5 Å². The normalized spacial score (nSPS) is 16.2. The predicted molar refractivity (Wildman–Crippen MR) is 61.1 cm³/mol. The van der Waals surface area contributed by atoms with Gasteiger partial charge in [-0.05, 0) is 26.3 Å². The van der Waals surface area contributed by atoms with E-state index >= 15 is 0 Å². The fraction of sp³-hybridized carbons (Fsp3) is 0.778. The van der Waals surface area contributed by atoms with Crippen molar-refractivity contribution in [3.8, 4) is 0 Å².